The summed E-state index contributed by atoms with van der Waals surface area (Å²) in [5, 5.41) is 3.69. The Morgan fingerprint density at radius 2 is 1.81 bits per heavy atom. The Morgan fingerprint density at radius 1 is 1.07 bits per heavy atom. The average molecular weight is 447 g/mol. The van der Waals surface area contributed by atoms with Gasteiger partial charge >= 0.3 is 0 Å². The van der Waals surface area contributed by atoms with Crippen molar-refractivity contribution in [2.24, 2.45) is 0 Å². The normalized spacial score (nSPS) is 10.6. The number of benzene rings is 2. The van der Waals surface area contributed by atoms with Gasteiger partial charge in [-0.05, 0) is 65.7 Å². The zero-order valence-corrected chi connectivity index (χ0v) is 17.8. The van der Waals surface area contributed by atoms with Crippen LogP contribution in [0.2, 0.25) is 0 Å². The van der Waals surface area contributed by atoms with Crippen molar-refractivity contribution < 1.29 is 14.3 Å². The van der Waals surface area contributed by atoms with Gasteiger partial charge in [0, 0.05) is 10.0 Å². The summed E-state index contributed by atoms with van der Waals surface area (Å²) in [6, 6.07) is 11.4. The van der Waals surface area contributed by atoms with Crippen molar-refractivity contribution in [1.82, 2.24) is 4.98 Å². The minimum Gasteiger partial charge on any atom is -0.493 e. The molecule has 0 atom stereocenters. The molecule has 0 aliphatic carbocycles. The second-order valence-corrected chi connectivity index (χ2v) is 7.79. The summed E-state index contributed by atoms with van der Waals surface area (Å²) in [6.45, 7) is 3.83. The molecule has 1 heterocycles. The molecular formula is C20H19BrN2O3S. The zero-order chi connectivity index (χ0) is 19.6. The fourth-order valence-corrected chi connectivity index (χ4v) is 4.15. The van der Waals surface area contributed by atoms with Gasteiger partial charge in [0.2, 0.25) is 0 Å². The number of carbonyl (C=O) groups excluding carboxylic acids is 1. The lowest BCUT2D eigenvalue weighted by molar-refractivity contribution is 0.102. The van der Waals surface area contributed by atoms with Crippen molar-refractivity contribution in [2.45, 2.75) is 13.8 Å². The molecule has 5 nitrogen and oxygen atoms in total. The first-order valence-electron chi connectivity index (χ1n) is 8.20. The van der Waals surface area contributed by atoms with Crippen LogP contribution in [0.25, 0.3) is 10.6 Å². The molecule has 2 aromatic carbocycles. The molecule has 0 radical (unpaired) electrons. The molecule has 0 unspecified atom stereocenters. The average Bonchev–Trinajstić information content (AvgIpc) is 3.05. The third kappa shape index (κ3) is 4.14. The van der Waals surface area contributed by atoms with Crippen molar-refractivity contribution in [3.05, 3.63) is 57.0 Å². The van der Waals surface area contributed by atoms with E-state index in [0.29, 0.717) is 22.1 Å². The molecule has 0 bridgehead atoms. The van der Waals surface area contributed by atoms with Gasteiger partial charge in [0.05, 0.1) is 25.6 Å². The van der Waals surface area contributed by atoms with Crippen LogP contribution in [0.1, 0.15) is 20.9 Å². The number of methoxy groups -OCH3 is 2. The maximum Gasteiger partial charge on any atom is 0.267 e. The highest BCUT2D eigenvalue weighted by Gasteiger charge is 2.18. The maximum atomic E-state index is 12.7. The van der Waals surface area contributed by atoms with Crippen LogP contribution in [0.5, 0.6) is 11.5 Å². The van der Waals surface area contributed by atoms with E-state index in [9.17, 15) is 4.79 Å². The highest BCUT2D eigenvalue weighted by Crippen LogP contribution is 2.35. The number of hydrogen-bond acceptors (Lipinski definition) is 5. The Bertz CT molecular complexity index is 1000. The van der Waals surface area contributed by atoms with Crippen LogP contribution in [0, 0.1) is 13.8 Å². The summed E-state index contributed by atoms with van der Waals surface area (Å²) in [7, 11) is 3.18. The van der Waals surface area contributed by atoms with Gasteiger partial charge in [-0.25, -0.2) is 4.98 Å². The van der Waals surface area contributed by atoms with E-state index in [-0.39, 0.29) is 5.91 Å². The third-order valence-corrected chi connectivity index (χ3v) is 5.87. The fourth-order valence-electron chi connectivity index (χ4n) is 2.60. The first-order chi connectivity index (χ1) is 12.9. The van der Waals surface area contributed by atoms with E-state index in [2.05, 4.69) is 26.2 Å². The van der Waals surface area contributed by atoms with Gasteiger partial charge in [-0.1, -0.05) is 6.07 Å². The molecule has 0 saturated heterocycles. The van der Waals surface area contributed by atoms with Crippen molar-refractivity contribution in [2.75, 3.05) is 19.5 Å². The lowest BCUT2D eigenvalue weighted by atomic mass is 10.2. The van der Waals surface area contributed by atoms with Gasteiger partial charge < -0.3 is 14.8 Å². The standard InChI is InChI=1S/C20H19BrN2O3S/c1-11-5-7-15(14(21)9-11)23-19(24)18-12(2)22-20(27-18)13-6-8-16(25-3)17(10-13)26-4/h5-10H,1-4H3,(H,23,24). The molecule has 7 heteroatoms. The Balaban J connectivity index is 1.89. The highest BCUT2D eigenvalue weighted by molar-refractivity contribution is 9.10. The number of carbonyl (C=O) groups is 1. The second kappa shape index (κ2) is 8.10. The van der Waals surface area contributed by atoms with Crippen molar-refractivity contribution >= 4 is 38.9 Å². The van der Waals surface area contributed by atoms with E-state index in [4.69, 9.17) is 9.47 Å². The number of nitrogens with zero attached hydrogens (tertiary/aromatic N) is 1. The van der Waals surface area contributed by atoms with Crippen LogP contribution in [0.15, 0.2) is 40.9 Å². The van der Waals surface area contributed by atoms with Gasteiger partial charge in [0.25, 0.3) is 5.91 Å². The van der Waals surface area contributed by atoms with Crippen LogP contribution in [-0.2, 0) is 0 Å². The molecular weight excluding hydrogens is 428 g/mol. The molecule has 0 spiro atoms. The van der Waals surface area contributed by atoms with E-state index in [1.54, 1.807) is 14.2 Å². The molecule has 0 saturated carbocycles. The molecule has 1 amide bonds. The lowest BCUT2D eigenvalue weighted by Crippen LogP contribution is -2.12. The summed E-state index contributed by atoms with van der Waals surface area (Å²) in [6.07, 6.45) is 0. The number of aryl methyl sites for hydroxylation is 2. The molecule has 1 N–H and O–H groups in total. The van der Waals surface area contributed by atoms with Gasteiger partial charge in [0.1, 0.15) is 9.88 Å². The summed E-state index contributed by atoms with van der Waals surface area (Å²) in [5.41, 5.74) is 3.40. The first kappa shape index (κ1) is 19.4. The molecule has 140 valence electrons. The second-order valence-electron chi connectivity index (χ2n) is 5.94. The molecule has 3 aromatic rings. The Hall–Kier alpha value is -2.38. The third-order valence-electron chi connectivity index (χ3n) is 4.01. The molecule has 0 aliphatic rings. The number of anilines is 1. The summed E-state index contributed by atoms with van der Waals surface area (Å²) in [4.78, 5) is 17.9. The van der Waals surface area contributed by atoms with Crippen LogP contribution >= 0.6 is 27.3 Å². The SMILES string of the molecule is COc1ccc(-c2nc(C)c(C(=O)Nc3ccc(C)cc3Br)s2)cc1OC. The quantitative estimate of drug-likeness (QED) is 0.565. The number of thiazole rings is 1. The fraction of sp³-hybridized carbons (Fsp3) is 0.200. The predicted octanol–water partition coefficient (Wildman–Crippen LogP) is 5.46. The van der Waals surface area contributed by atoms with Crippen LogP contribution in [-0.4, -0.2) is 25.1 Å². The summed E-state index contributed by atoms with van der Waals surface area (Å²) in [5.74, 6) is 1.09. The monoisotopic (exact) mass is 446 g/mol. The minimum absolute atomic E-state index is 0.179. The Kier molecular flexibility index (Phi) is 5.82. The molecule has 27 heavy (non-hydrogen) atoms. The lowest BCUT2D eigenvalue weighted by Gasteiger charge is -2.08. The van der Waals surface area contributed by atoms with E-state index in [1.165, 1.54) is 11.3 Å². The number of hydrogen-bond donors (Lipinski definition) is 1. The van der Waals surface area contributed by atoms with Crippen molar-refractivity contribution in [3.63, 3.8) is 0 Å². The molecule has 1 aromatic heterocycles. The number of ether oxygens (including phenoxy) is 2. The van der Waals surface area contributed by atoms with E-state index in [1.807, 2.05) is 50.2 Å². The number of amides is 1. The number of aromatic nitrogens is 1. The summed E-state index contributed by atoms with van der Waals surface area (Å²) < 4.78 is 11.5. The largest absolute Gasteiger partial charge is 0.493 e. The Morgan fingerprint density at radius 3 is 2.48 bits per heavy atom. The predicted molar refractivity (Wildman–Crippen MR) is 112 cm³/mol. The topological polar surface area (TPSA) is 60.5 Å². The van der Waals surface area contributed by atoms with Crippen LogP contribution < -0.4 is 14.8 Å². The van der Waals surface area contributed by atoms with Gasteiger partial charge in [-0.15, -0.1) is 11.3 Å². The number of rotatable bonds is 5. The van der Waals surface area contributed by atoms with Crippen LogP contribution in [0.3, 0.4) is 0 Å². The molecule has 0 aliphatic heterocycles. The minimum atomic E-state index is -0.179. The van der Waals surface area contributed by atoms with E-state index >= 15 is 0 Å². The highest BCUT2D eigenvalue weighted by atomic mass is 79.9. The van der Waals surface area contributed by atoms with Gasteiger partial charge in [-0.2, -0.15) is 0 Å². The van der Waals surface area contributed by atoms with E-state index < -0.39 is 0 Å². The molecule has 0 fully saturated rings. The van der Waals surface area contributed by atoms with Gasteiger partial charge in [-0.3, -0.25) is 4.79 Å². The molecule has 3 rings (SSSR count). The zero-order valence-electron chi connectivity index (χ0n) is 15.4. The Labute approximate surface area is 170 Å². The van der Waals surface area contributed by atoms with Crippen molar-refractivity contribution in [3.8, 4) is 22.1 Å². The first-order valence-corrected chi connectivity index (χ1v) is 9.81. The smallest absolute Gasteiger partial charge is 0.267 e. The van der Waals surface area contributed by atoms with E-state index in [0.717, 1.165) is 26.3 Å². The number of nitrogens with one attached hydrogen (secondary N) is 1. The summed E-state index contributed by atoms with van der Waals surface area (Å²) >= 11 is 4.83. The number of halogens is 1. The van der Waals surface area contributed by atoms with Crippen LogP contribution in [0.4, 0.5) is 5.69 Å². The maximum absolute atomic E-state index is 12.7. The van der Waals surface area contributed by atoms with Gasteiger partial charge in [0.15, 0.2) is 11.5 Å². The van der Waals surface area contributed by atoms with Crippen molar-refractivity contribution in [1.29, 1.82) is 0 Å².